The third kappa shape index (κ3) is 6.11. The largest absolute Gasteiger partial charge is 0.385 e. The molecule has 2 aromatic heterocycles. The molecule has 4 aromatic rings. The van der Waals surface area contributed by atoms with E-state index in [4.69, 9.17) is 9.84 Å². The molecule has 0 aliphatic carbocycles. The minimum Gasteiger partial charge on any atom is -0.385 e. The molecular formula is C32H35F2N5O2. The number of likely N-dealkylation sites (tertiary alicyclic amines) is 1. The number of ketones is 1. The van der Waals surface area contributed by atoms with Crippen molar-refractivity contribution in [1.82, 2.24) is 24.6 Å². The van der Waals surface area contributed by atoms with Gasteiger partial charge in [-0.2, -0.15) is 5.10 Å². The molecule has 0 unspecified atom stereocenters. The van der Waals surface area contributed by atoms with Gasteiger partial charge in [0.15, 0.2) is 11.6 Å². The number of ether oxygens (including phenoxy) is 1. The first-order valence-corrected chi connectivity index (χ1v) is 13.9. The van der Waals surface area contributed by atoms with Gasteiger partial charge in [0.2, 0.25) is 0 Å². The van der Waals surface area contributed by atoms with E-state index in [1.165, 1.54) is 6.07 Å². The molecule has 214 valence electrons. The summed E-state index contributed by atoms with van der Waals surface area (Å²) in [7, 11) is 3.65. The van der Waals surface area contributed by atoms with Crippen LogP contribution in [0.1, 0.15) is 47.9 Å². The van der Waals surface area contributed by atoms with Crippen LogP contribution in [0.4, 0.5) is 8.78 Å². The average molecular weight is 560 g/mol. The summed E-state index contributed by atoms with van der Waals surface area (Å²) in [5.74, 6) is -1.08. The highest BCUT2D eigenvalue weighted by Crippen LogP contribution is 2.43. The summed E-state index contributed by atoms with van der Waals surface area (Å²) in [6.07, 6.45) is 5.55. The third-order valence-corrected chi connectivity index (χ3v) is 8.13. The van der Waals surface area contributed by atoms with E-state index in [-0.39, 0.29) is 30.2 Å². The fraction of sp³-hybridized carbons (Fsp3) is 0.375. The lowest BCUT2D eigenvalue weighted by molar-refractivity contribution is -0.119. The van der Waals surface area contributed by atoms with Gasteiger partial charge in [-0.3, -0.25) is 9.69 Å². The van der Waals surface area contributed by atoms with E-state index in [0.717, 1.165) is 47.1 Å². The lowest BCUT2D eigenvalue weighted by Crippen LogP contribution is -2.29. The Kier molecular flexibility index (Phi) is 8.65. The summed E-state index contributed by atoms with van der Waals surface area (Å²) >= 11 is 0. The fourth-order valence-electron chi connectivity index (χ4n) is 6.04. The fourth-order valence-corrected chi connectivity index (χ4v) is 6.04. The molecule has 0 spiro atoms. The van der Waals surface area contributed by atoms with Gasteiger partial charge in [-0.15, -0.1) is 0 Å². The first-order chi connectivity index (χ1) is 19.8. The van der Waals surface area contributed by atoms with Crippen molar-refractivity contribution in [2.75, 3.05) is 20.8 Å². The second-order valence-electron chi connectivity index (χ2n) is 10.8. The van der Waals surface area contributed by atoms with Crippen molar-refractivity contribution in [3.63, 3.8) is 0 Å². The third-order valence-electron chi connectivity index (χ3n) is 8.13. The van der Waals surface area contributed by atoms with E-state index >= 15 is 0 Å². The van der Waals surface area contributed by atoms with E-state index in [1.54, 1.807) is 25.6 Å². The second kappa shape index (κ2) is 12.4. The first kappa shape index (κ1) is 28.7. The zero-order chi connectivity index (χ0) is 29.1. The zero-order valence-corrected chi connectivity index (χ0v) is 23.8. The number of halogens is 2. The van der Waals surface area contributed by atoms with Crippen LogP contribution in [0.15, 0.2) is 60.9 Å². The molecule has 41 heavy (non-hydrogen) atoms. The topological polar surface area (TPSA) is 73.1 Å². The minimum atomic E-state index is -0.878. The number of aromatic nitrogens is 4. The number of hydrogen-bond donors (Lipinski definition) is 0. The highest BCUT2D eigenvalue weighted by Gasteiger charge is 2.40. The first-order valence-electron chi connectivity index (χ1n) is 13.9. The number of carbonyl (C=O) groups is 1. The highest BCUT2D eigenvalue weighted by atomic mass is 19.2. The maximum absolute atomic E-state index is 14.3. The Morgan fingerprint density at radius 3 is 2.46 bits per heavy atom. The van der Waals surface area contributed by atoms with Gasteiger partial charge in [-0.25, -0.2) is 23.4 Å². The number of benzene rings is 2. The van der Waals surface area contributed by atoms with Crippen LogP contribution in [0.25, 0.3) is 16.9 Å². The van der Waals surface area contributed by atoms with Crippen molar-refractivity contribution in [3.8, 4) is 16.9 Å². The normalized spacial score (nSPS) is 19.1. The smallest absolute Gasteiger partial charge is 0.159 e. The Hall–Kier alpha value is -3.82. The minimum absolute atomic E-state index is 0.0578. The van der Waals surface area contributed by atoms with Crippen molar-refractivity contribution in [1.29, 1.82) is 0 Å². The number of carbonyl (C=O) groups excluding carboxylic acids is 1. The molecule has 3 atom stereocenters. The quantitative estimate of drug-likeness (QED) is 0.244. The summed E-state index contributed by atoms with van der Waals surface area (Å²) in [4.78, 5) is 24.6. The Labute approximate surface area is 239 Å². The number of hydrogen-bond acceptors (Lipinski definition) is 6. The lowest BCUT2D eigenvalue weighted by atomic mass is 9.87. The van der Waals surface area contributed by atoms with Gasteiger partial charge < -0.3 is 4.74 Å². The highest BCUT2D eigenvalue weighted by molar-refractivity contribution is 5.82. The van der Waals surface area contributed by atoms with Crippen LogP contribution in [-0.2, 0) is 16.0 Å². The average Bonchev–Trinajstić information content (AvgIpc) is 3.45. The van der Waals surface area contributed by atoms with E-state index in [0.29, 0.717) is 24.4 Å². The summed E-state index contributed by atoms with van der Waals surface area (Å²) in [6.45, 7) is 4.39. The standard InChI is InChI=1S/C32H35F2N5O2/c1-20-30(39(25-8-6-5-7-9-25)37-31(20)24-18-35-21(2)36-19-24)17-27(40)15-23-14-26(12-13-41-4)38(3)32(23)22-10-11-28(33)29(34)16-22/h5-11,16,18-19,23,26,32H,12-15,17H2,1-4H3/t23-,26+,32-/m0/s1. The number of aryl methyl sites for hydroxylation is 1. The van der Waals surface area contributed by atoms with Crippen molar-refractivity contribution in [2.24, 2.45) is 5.92 Å². The number of nitrogens with zero attached hydrogens (tertiary/aromatic N) is 5. The molecule has 3 heterocycles. The zero-order valence-electron chi connectivity index (χ0n) is 23.8. The van der Waals surface area contributed by atoms with Crippen LogP contribution in [0, 0.1) is 31.4 Å². The lowest BCUT2D eigenvalue weighted by Gasteiger charge is -2.28. The van der Waals surface area contributed by atoms with Gasteiger partial charge in [0, 0.05) is 56.6 Å². The number of rotatable bonds is 10. The SMILES string of the molecule is COCC[C@@H]1C[C@@H](CC(=O)Cc2c(C)c(-c3cnc(C)nc3)nn2-c2ccccc2)[C@H](c2ccc(F)c(F)c2)N1C. The van der Waals surface area contributed by atoms with Crippen molar-refractivity contribution in [3.05, 3.63) is 95.2 Å². The molecule has 0 bridgehead atoms. The van der Waals surface area contributed by atoms with Crippen LogP contribution >= 0.6 is 0 Å². The van der Waals surface area contributed by atoms with E-state index in [2.05, 4.69) is 14.9 Å². The summed E-state index contributed by atoms with van der Waals surface area (Å²) < 4.78 is 35.2. The number of Topliss-reactive ketones (excluding diaryl/α,β-unsaturated/α-hetero) is 1. The van der Waals surface area contributed by atoms with Crippen LogP contribution in [-0.4, -0.2) is 57.2 Å². The van der Waals surface area contributed by atoms with Gasteiger partial charge in [0.05, 0.1) is 17.1 Å². The Balaban J connectivity index is 1.45. The molecule has 1 saturated heterocycles. The van der Waals surface area contributed by atoms with Gasteiger partial charge in [0.25, 0.3) is 0 Å². The van der Waals surface area contributed by atoms with Crippen LogP contribution in [0.5, 0.6) is 0 Å². The number of para-hydroxylation sites is 1. The molecule has 0 amide bonds. The van der Waals surface area contributed by atoms with E-state index < -0.39 is 11.6 Å². The van der Waals surface area contributed by atoms with Crippen LogP contribution in [0.2, 0.25) is 0 Å². The summed E-state index contributed by atoms with van der Waals surface area (Å²) in [5.41, 5.74) is 4.76. The van der Waals surface area contributed by atoms with Crippen molar-refractivity contribution in [2.45, 2.75) is 51.6 Å². The molecule has 0 saturated carbocycles. The maximum atomic E-state index is 14.3. The van der Waals surface area contributed by atoms with E-state index in [1.807, 2.05) is 55.9 Å². The molecule has 7 nitrogen and oxygen atoms in total. The number of methoxy groups -OCH3 is 1. The molecule has 2 aromatic carbocycles. The monoisotopic (exact) mass is 559 g/mol. The molecule has 0 N–H and O–H groups in total. The maximum Gasteiger partial charge on any atom is 0.159 e. The molecule has 1 aliphatic heterocycles. The van der Waals surface area contributed by atoms with Crippen LogP contribution in [0.3, 0.4) is 0 Å². The molecule has 1 fully saturated rings. The summed E-state index contributed by atoms with van der Waals surface area (Å²) in [5, 5.41) is 4.89. The summed E-state index contributed by atoms with van der Waals surface area (Å²) in [6, 6.07) is 13.7. The Bertz CT molecular complexity index is 1510. The molecule has 0 radical (unpaired) electrons. The predicted octanol–water partition coefficient (Wildman–Crippen LogP) is 5.82. The van der Waals surface area contributed by atoms with Crippen LogP contribution < -0.4 is 0 Å². The molecule has 9 heteroatoms. The van der Waals surface area contributed by atoms with Gasteiger partial charge >= 0.3 is 0 Å². The predicted molar refractivity (Wildman–Crippen MR) is 153 cm³/mol. The molecule has 1 aliphatic rings. The Morgan fingerprint density at radius 1 is 1.05 bits per heavy atom. The van der Waals surface area contributed by atoms with Gasteiger partial charge in [0.1, 0.15) is 11.6 Å². The second-order valence-corrected chi connectivity index (χ2v) is 10.8. The van der Waals surface area contributed by atoms with Gasteiger partial charge in [-0.1, -0.05) is 24.3 Å². The van der Waals surface area contributed by atoms with E-state index in [9.17, 15) is 13.6 Å². The van der Waals surface area contributed by atoms with Crippen molar-refractivity contribution >= 4 is 5.78 Å². The molecular weight excluding hydrogens is 524 g/mol. The van der Waals surface area contributed by atoms with Gasteiger partial charge in [-0.05, 0) is 75.0 Å². The Morgan fingerprint density at radius 2 is 1.78 bits per heavy atom. The van der Waals surface area contributed by atoms with Crippen molar-refractivity contribution < 1.29 is 18.3 Å². The molecule has 5 rings (SSSR count).